The topological polar surface area (TPSA) is 44.5 Å². The minimum Gasteiger partial charge on any atom is -0.497 e. The van der Waals surface area contributed by atoms with Gasteiger partial charge in [-0.2, -0.15) is 0 Å². The molecule has 0 atom stereocenters. The van der Waals surface area contributed by atoms with Gasteiger partial charge >= 0.3 is 0 Å². The number of nitrogens with two attached hydrogens (primary N) is 1. The standard InChI is InChI=1S/C17H21NO2/c1-19-16-6-2-15(3-7-16)11-13-20-17-8-4-14(5-9-17)10-12-18/h2-9H,10-13,18H2,1H3. The highest BCUT2D eigenvalue weighted by Crippen LogP contribution is 2.14. The molecular formula is C17H21NO2. The maximum absolute atomic E-state index is 5.74. The fourth-order valence-corrected chi connectivity index (χ4v) is 2.00. The van der Waals surface area contributed by atoms with Crippen molar-refractivity contribution in [3.63, 3.8) is 0 Å². The van der Waals surface area contributed by atoms with Crippen LogP contribution in [0, 0.1) is 0 Å². The monoisotopic (exact) mass is 271 g/mol. The number of benzene rings is 2. The quantitative estimate of drug-likeness (QED) is 0.842. The maximum atomic E-state index is 5.74. The van der Waals surface area contributed by atoms with E-state index in [2.05, 4.69) is 24.3 Å². The summed E-state index contributed by atoms with van der Waals surface area (Å²) in [7, 11) is 1.67. The first-order chi connectivity index (χ1) is 9.81. The first-order valence-electron chi connectivity index (χ1n) is 6.86. The predicted octanol–water partition coefficient (Wildman–Crippen LogP) is 2.82. The lowest BCUT2D eigenvalue weighted by molar-refractivity contribution is 0.322. The van der Waals surface area contributed by atoms with Crippen LogP contribution in [0.25, 0.3) is 0 Å². The second-order valence-electron chi connectivity index (χ2n) is 4.63. The van der Waals surface area contributed by atoms with Crippen molar-refractivity contribution in [2.24, 2.45) is 5.73 Å². The molecule has 3 heteroatoms. The fraction of sp³-hybridized carbons (Fsp3) is 0.294. The van der Waals surface area contributed by atoms with Crippen molar-refractivity contribution in [2.75, 3.05) is 20.3 Å². The van der Waals surface area contributed by atoms with Crippen LogP contribution in [0.1, 0.15) is 11.1 Å². The molecule has 0 aliphatic carbocycles. The first kappa shape index (κ1) is 14.4. The number of rotatable bonds is 7. The Morgan fingerprint density at radius 2 is 1.35 bits per heavy atom. The Morgan fingerprint density at radius 3 is 1.90 bits per heavy atom. The summed E-state index contributed by atoms with van der Waals surface area (Å²) >= 11 is 0. The van der Waals surface area contributed by atoms with Crippen LogP contribution in [0.15, 0.2) is 48.5 Å². The van der Waals surface area contributed by atoms with E-state index >= 15 is 0 Å². The van der Waals surface area contributed by atoms with Gasteiger partial charge in [0.05, 0.1) is 13.7 Å². The van der Waals surface area contributed by atoms with Gasteiger partial charge in [-0.25, -0.2) is 0 Å². The fourth-order valence-electron chi connectivity index (χ4n) is 2.00. The molecule has 0 heterocycles. The maximum Gasteiger partial charge on any atom is 0.119 e. The van der Waals surface area contributed by atoms with Gasteiger partial charge in [0.1, 0.15) is 11.5 Å². The van der Waals surface area contributed by atoms with E-state index in [1.165, 1.54) is 11.1 Å². The summed E-state index contributed by atoms with van der Waals surface area (Å²) in [5, 5.41) is 0. The minimum atomic E-state index is 0.669. The third-order valence-corrected chi connectivity index (χ3v) is 3.17. The van der Waals surface area contributed by atoms with E-state index in [1.807, 2.05) is 24.3 Å². The van der Waals surface area contributed by atoms with Gasteiger partial charge < -0.3 is 15.2 Å². The van der Waals surface area contributed by atoms with Crippen molar-refractivity contribution in [1.82, 2.24) is 0 Å². The van der Waals surface area contributed by atoms with Gasteiger partial charge in [-0.3, -0.25) is 0 Å². The molecule has 0 aromatic heterocycles. The molecule has 20 heavy (non-hydrogen) atoms. The largest absolute Gasteiger partial charge is 0.497 e. The second-order valence-corrected chi connectivity index (χ2v) is 4.63. The molecular weight excluding hydrogens is 250 g/mol. The van der Waals surface area contributed by atoms with E-state index in [0.29, 0.717) is 13.2 Å². The lowest BCUT2D eigenvalue weighted by atomic mass is 10.1. The minimum absolute atomic E-state index is 0.669. The summed E-state index contributed by atoms with van der Waals surface area (Å²) in [6, 6.07) is 16.2. The Balaban J connectivity index is 1.79. The average Bonchev–Trinajstić information content (AvgIpc) is 2.50. The number of ether oxygens (including phenoxy) is 2. The van der Waals surface area contributed by atoms with Gasteiger partial charge in [-0.1, -0.05) is 24.3 Å². The summed E-state index contributed by atoms with van der Waals surface area (Å²) < 4.78 is 10.9. The van der Waals surface area contributed by atoms with Gasteiger partial charge in [-0.15, -0.1) is 0 Å². The highest BCUT2D eigenvalue weighted by Gasteiger charge is 1.98. The molecule has 2 N–H and O–H groups in total. The summed E-state index contributed by atoms with van der Waals surface area (Å²) in [5.41, 5.74) is 8.01. The SMILES string of the molecule is COc1ccc(CCOc2ccc(CCN)cc2)cc1. The average molecular weight is 271 g/mol. The molecule has 2 aromatic carbocycles. The molecule has 0 spiro atoms. The van der Waals surface area contributed by atoms with E-state index in [9.17, 15) is 0 Å². The molecule has 2 rings (SSSR count). The van der Waals surface area contributed by atoms with Crippen LogP contribution in [0.5, 0.6) is 11.5 Å². The van der Waals surface area contributed by atoms with E-state index < -0.39 is 0 Å². The lowest BCUT2D eigenvalue weighted by Crippen LogP contribution is -2.03. The Morgan fingerprint density at radius 1 is 0.800 bits per heavy atom. The Hall–Kier alpha value is -2.00. The van der Waals surface area contributed by atoms with Crippen molar-refractivity contribution in [3.05, 3.63) is 59.7 Å². The number of methoxy groups -OCH3 is 1. The van der Waals surface area contributed by atoms with E-state index in [0.717, 1.165) is 24.3 Å². The molecule has 0 saturated carbocycles. The second kappa shape index (κ2) is 7.56. The van der Waals surface area contributed by atoms with Gasteiger partial charge in [0.25, 0.3) is 0 Å². The van der Waals surface area contributed by atoms with Crippen LogP contribution in [0.3, 0.4) is 0 Å². The Labute approximate surface area is 120 Å². The van der Waals surface area contributed by atoms with E-state index in [4.69, 9.17) is 15.2 Å². The molecule has 3 nitrogen and oxygen atoms in total. The van der Waals surface area contributed by atoms with Crippen molar-refractivity contribution < 1.29 is 9.47 Å². The summed E-state index contributed by atoms with van der Waals surface area (Å²) in [5.74, 6) is 1.78. The first-order valence-corrected chi connectivity index (χ1v) is 6.86. The smallest absolute Gasteiger partial charge is 0.119 e. The normalized spacial score (nSPS) is 10.3. The Kier molecular flexibility index (Phi) is 5.44. The third kappa shape index (κ3) is 4.28. The van der Waals surface area contributed by atoms with Gasteiger partial charge in [0.15, 0.2) is 0 Å². The van der Waals surface area contributed by atoms with Crippen molar-refractivity contribution in [2.45, 2.75) is 12.8 Å². The van der Waals surface area contributed by atoms with Gasteiger partial charge in [0, 0.05) is 6.42 Å². The van der Waals surface area contributed by atoms with E-state index in [1.54, 1.807) is 7.11 Å². The van der Waals surface area contributed by atoms with Crippen LogP contribution in [-0.2, 0) is 12.8 Å². The van der Waals surface area contributed by atoms with Crippen molar-refractivity contribution in [3.8, 4) is 11.5 Å². The van der Waals surface area contributed by atoms with Crippen LogP contribution >= 0.6 is 0 Å². The lowest BCUT2D eigenvalue weighted by Gasteiger charge is -2.07. The highest BCUT2D eigenvalue weighted by atomic mass is 16.5. The highest BCUT2D eigenvalue weighted by molar-refractivity contribution is 5.29. The molecule has 0 unspecified atom stereocenters. The number of hydrogen-bond donors (Lipinski definition) is 1. The molecule has 0 fully saturated rings. The molecule has 0 radical (unpaired) electrons. The Bertz CT molecular complexity index is 506. The third-order valence-electron chi connectivity index (χ3n) is 3.17. The van der Waals surface area contributed by atoms with Crippen LogP contribution in [0.4, 0.5) is 0 Å². The molecule has 0 aliphatic rings. The predicted molar refractivity (Wildman–Crippen MR) is 81.4 cm³/mol. The zero-order valence-corrected chi connectivity index (χ0v) is 11.8. The van der Waals surface area contributed by atoms with Crippen LogP contribution in [0.2, 0.25) is 0 Å². The van der Waals surface area contributed by atoms with Crippen molar-refractivity contribution in [1.29, 1.82) is 0 Å². The molecule has 2 aromatic rings. The van der Waals surface area contributed by atoms with Gasteiger partial charge in [-0.05, 0) is 48.4 Å². The van der Waals surface area contributed by atoms with Crippen LogP contribution < -0.4 is 15.2 Å². The molecule has 0 aliphatic heterocycles. The van der Waals surface area contributed by atoms with E-state index in [-0.39, 0.29) is 0 Å². The molecule has 106 valence electrons. The summed E-state index contributed by atoms with van der Waals surface area (Å²) in [6.45, 7) is 1.35. The zero-order chi connectivity index (χ0) is 14.2. The summed E-state index contributed by atoms with van der Waals surface area (Å²) in [6.07, 6.45) is 1.79. The zero-order valence-electron chi connectivity index (χ0n) is 11.8. The van der Waals surface area contributed by atoms with Crippen LogP contribution in [-0.4, -0.2) is 20.3 Å². The van der Waals surface area contributed by atoms with Gasteiger partial charge in [0.2, 0.25) is 0 Å². The molecule has 0 amide bonds. The van der Waals surface area contributed by atoms with Crippen molar-refractivity contribution >= 4 is 0 Å². The summed E-state index contributed by atoms with van der Waals surface area (Å²) in [4.78, 5) is 0. The number of hydrogen-bond acceptors (Lipinski definition) is 3. The molecule has 0 saturated heterocycles. The molecule has 0 bridgehead atoms.